The predicted molar refractivity (Wildman–Crippen MR) is 116 cm³/mol. The number of pyridine rings is 1. The van der Waals surface area contributed by atoms with Crippen molar-refractivity contribution in [2.45, 2.75) is 13.1 Å². The summed E-state index contributed by atoms with van der Waals surface area (Å²) in [7, 11) is 0. The van der Waals surface area contributed by atoms with Crippen LogP contribution in [0.15, 0.2) is 70.4 Å². The van der Waals surface area contributed by atoms with E-state index in [4.69, 9.17) is 11.6 Å². The molecule has 0 saturated heterocycles. The molecule has 0 fully saturated rings. The fourth-order valence-corrected chi connectivity index (χ4v) is 3.36. The van der Waals surface area contributed by atoms with E-state index in [1.165, 1.54) is 18.3 Å². The zero-order valence-corrected chi connectivity index (χ0v) is 17.1. The minimum Gasteiger partial charge on any atom is -0.322 e. The molecule has 0 saturated carbocycles. The Morgan fingerprint density at radius 3 is 2.50 bits per heavy atom. The molecule has 4 rings (SSSR count). The quantitative estimate of drug-likeness (QED) is 0.500. The number of hydrogen-bond donors (Lipinski definition) is 1. The average Bonchev–Trinajstić information content (AvgIpc) is 2.77. The van der Waals surface area contributed by atoms with E-state index in [1.807, 2.05) is 0 Å². The van der Waals surface area contributed by atoms with E-state index in [0.717, 1.165) is 21.3 Å². The minimum absolute atomic E-state index is 0.00169. The van der Waals surface area contributed by atoms with E-state index in [-0.39, 0.29) is 23.3 Å². The van der Waals surface area contributed by atoms with Crippen LogP contribution in [-0.4, -0.2) is 20.0 Å². The van der Waals surface area contributed by atoms with Crippen LogP contribution < -0.4 is 16.6 Å². The Morgan fingerprint density at radius 1 is 1.03 bits per heavy atom. The number of amides is 1. The van der Waals surface area contributed by atoms with Crippen molar-refractivity contribution in [3.63, 3.8) is 0 Å². The first kappa shape index (κ1) is 21.4. The number of carbonyl (C=O) groups excluding carboxylic acids is 1. The minimum atomic E-state index is -0.954. The predicted octanol–water partition coefficient (Wildman–Crippen LogP) is 3.18. The summed E-state index contributed by atoms with van der Waals surface area (Å²) in [4.78, 5) is 42.7. The van der Waals surface area contributed by atoms with Crippen LogP contribution in [0.25, 0.3) is 11.0 Å². The van der Waals surface area contributed by atoms with E-state index in [0.29, 0.717) is 16.7 Å². The lowest BCUT2D eigenvalue weighted by atomic mass is 10.2. The normalized spacial score (nSPS) is 11.0. The van der Waals surface area contributed by atoms with Gasteiger partial charge in [0.05, 0.1) is 17.7 Å². The summed E-state index contributed by atoms with van der Waals surface area (Å²) < 4.78 is 29.0. The van der Waals surface area contributed by atoms with Gasteiger partial charge < -0.3 is 5.32 Å². The molecule has 162 valence electrons. The summed E-state index contributed by atoms with van der Waals surface area (Å²) in [6.45, 7) is -0.575. The molecule has 1 N–H and O–H groups in total. The lowest BCUT2D eigenvalue weighted by Crippen LogP contribution is -2.42. The molecule has 0 aliphatic rings. The standard InChI is InChI=1S/C22H15ClF2N4O3/c23-14-5-3-13(4-6-14)11-29-21(31)20-18(2-1-9-26-20)28(22(29)32)12-19(30)27-17-8-7-15(24)10-16(17)25/h1-10H,11-12H2,(H,27,30). The smallest absolute Gasteiger partial charge is 0.322 e. The van der Waals surface area contributed by atoms with Crippen LogP contribution in [0.2, 0.25) is 5.02 Å². The molecular weight excluding hydrogens is 442 g/mol. The number of fused-ring (bicyclic) bond motifs is 1. The molecule has 4 aromatic rings. The van der Waals surface area contributed by atoms with E-state index in [9.17, 15) is 23.2 Å². The summed E-state index contributed by atoms with van der Waals surface area (Å²) >= 11 is 5.89. The molecule has 0 atom stereocenters. The number of nitrogens with one attached hydrogen (secondary N) is 1. The van der Waals surface area contributed by atoms with Gasteiger partial charge in [0.1, 0.15) is 18.2 Å². The highest BCUT2D eigenvalue weighted by molar-refractivity contribution is 6.30. The van der Waals surface area contributed by atoms with Gasteiger partial charge in [-0.3, -0.25) is 18.7 Å². The third-order valence-corrected chi connectivity index (χ3v) is 5.00. The molecule has 7 nitrogen and oxygen atoms in total. The molecule has 10 heteroatoms. The van der Waals surface area contributed by atoms with Gasteiger partial charge in [0.2, 0.25) is 5.91 Å². The van der Waals surface area contributed by atoms with Gasteiger partial charge in [-0.2, -0.15) is 0 Å². The number of rotatable bonds is 5. The molecular formula is C22H15ClF2N4O3. The topological polar surface area (TPSA) is 86.0 Å². The lowest BCUT2D eigenvalue weighted by Gasteiger charge is -2.14. The van der Waals surface area contributed by atoms with Gasteiger partial charge in [-0.25, -0.2) is 18.6 Å². The van der Waals surface area contributed by atoms with Gasteiger partial charge in [-0.15, -0.1) is 0 Å². The Bertz CT molecular complexity index is 1450. The number of hydrogen-bond acceptors (Lipinski definition) is 4. The monoisotopic (exact) mass is 456 g/mol. The first-order valence-corrected chi connectivity index (χ1v) is 9.79. The first-order valence-electron chi connectivity index (χ1n) is 9.41. The average molecular weight is 457 g/mol. The number of halogens is 3. The molecule has 0 bridgehead atoms. The lowest BCUT2D eigenvalue weighted by molar-refractivity contribution is -0.116. The zero-order chi connectivity index (χ0) is 22.8. The molecule has 2 aromatic carbocycles. The van der Waals surface area contributed by atoms with Gasteiger partial charge in [0.25, 0.3) is 5.56 Å². The van der Waals surface area contributed by atoms with E-state index in [1.54, 1.807) is 24.3 Å². The van der Waals surface area contributed by atoms with Gasteiger partial charge in [0.15, 0.2) is 5.52 Å². The van der Waals surface area contributed by atoms with Crippen molar-refractivity contribution < 1.29 is 13.6 Å². The van der Waals surface area contributed by atoms with Crippen molar-refractivity contribution >= 4 is 34.2 Å². The number of nitrogens with zero attached hydrogens (tertiary/aromatic N) is 3. The zero-order valence-electron chi connectivity index (χ0n) is 16.4. The second-order valence-electron chi connectivity index (χ2n) is 6.93. The molecule has 1 amide bonds. The van der Waals surface area contributed by atoms with Crippen molar-refractivity contribution in [1.82, 2.24) is 14.1 Å². The molecule has 2 aromatic heterocycles. The first-order chi connectivity index (χ1) is 15.3. The molecule has 0 unspecified atom stereocenters. The maximum absolute atomic E-state index is 13.9. The van der Waals surface area contributed by atoms with E-state index in [2.05, 4.69) is 10.3 Å². The summed E-state index contributed by atoms with van der Waals surface area (Å²) in [6.07, 6.45) is 1.40. The number of aromatic nitrogens is 3. The van der Waals surface area contributed by atoms with Crippen LogP contribution in [0.1, 0.15) is 5.56 Å². The van der Waals surface area contributed by atoms with Crippen LogP contribution in [0, 0.1) is 11.6 Å². The Hall–Kier alpha value is -3.85. The van der Waals surface area contributed by atoms with Crippen LogP contribution >= 0.6 is 11.6 Å². The van der Waals surface area contributed by atoms with Gasteiger partial charge in [-0.1, -0.05) is 23.7 Å². The second kappa shape index (κ2) is 8.72. The van der Waals surface area contributed by atoms with Crippen LogP contribution in [0.5, 0.6) is 0 Å². The summed E-state index contributed by atoms with van der Waals surface area (Å²) in [5.74, 6) is -2.48. The highest BCUT2D eigenvalue weighted by Crippen LogP contribution is 2.15. The molecule has 0 spiro atoms. The van der Waals surface area contributed by atoms with Crippen LogP contribution in [0.3, 0.4) is 0 Å². The Labute approximate surface area is 184 Å². The van der Waals surface area contributed by atoms with Gasteiger partial charge in [-0.05, 0) is 42.0 Å². The maximum atomic E-state index is 13.9. The highest BCUT2D eigenvalue weighted by atomic mass is 35.5. The fraction of sp³-hybridized carbons (Fsp3) is 0.0909. The third kappa shape index (κ3) is 4.28. The Morgan fingerprint density at radius 2 is 1.78 bits per heavy atom. The highest BCUT2D eigenvalue weighted by Gasteiger charge is 2.17. The van der Waals surface area contributed by atoms with Crippen LogP contribution in [-0.2, 0) is 17.9 Å². The number of benzene rings is 2. The maximum Gasteiger partial charge on any atom is 0.332 e. The molecule has 0 aliphatic heterocycles. The van der Waals surface area contributed by atoms with E-state index < -0.39 is 35.3 Å². The van der Waals surface area contributed by atoms with E-state index >= 15 is 0 Å². The fourth-order valence-electron chi connectivity index (χ4n) is 3.23. The third-order valence-electron chi connectivity index (χ3n) is 4.75. The Kier molecular flexibility index (Phi) is 5.83. The van der Waals surface area contributed by atoms with Crippen molar-refractivity contribution in [3.05, 3.63) is 104 Å². The molecule has 32 heavy (non-hydrogen) atoms. The van der Waals surface area contributed by atoms with Gasteiger partial charge in [0, 0.05) is 17.3 Å². The van der Waals surface area contributed by atoms with Gasteiger partial charge >= 0.3 is 5.69 Å². The SMILES string of the molecule is O=C(Cn1c(=O)n(Cc2ccc(Cl)cc2)c(=O)c2ncccc21)Nc1ccc(F)cc1F. The summed E-state index contributed by atoms with van der Waals surface area (Å²) in [5, 5.41) is 2.81. The molecule has 0 aliphatic carbocycles. The largest absolute Gasteiger partial charge is 0.332 e. The molecule has 0 radical (unpaired) electrons. The van der Waals surface area contributed by atoms with Crippen molar-refractivity contribution in [3.8, 4) is 0 Å². The number of anilines is 1. The van der Waals surface area contributed by atoms with Crippen LogP contribution in [0.4, 0.5) is 14.5 Å². The Balaban J connectivity index is 1.74. The van der Waals surface area contributed by atoms with Crippen molar-refractivity contribution in [2.75, 3.05) is 5.32 Å². The van der Waals surface area contributed by atoms with Crippen molar-refractivity contribution in [2.24, 2.45) is 0 Å². The van der Waals surface area contributed by atoms with Crippen molar-refractivity contribution in [1.29, 1.82) is 0 Å². The molecule has 2 heterocycles. The summed E-state index contributed by atoms with van der Waals surface area (Å²) in [6, 6.07) is 12.3. The second-order valence-corrected chi connectivity index (χ2v) is 7.37. The summed E-state index contributed by atoms with van der Waals surface area (Å²) in [5.41, 5.74) is -0.775. The number of carbonyl (C=O) groups is 1.